The van der Waals surface area contributed by atoms with Crippen LogP contribution >= 0.6 is 0 Å². The first-order valence-corrected chi connectivity index (χ1v) is 9.59. The van der Waals surface area contributed by atoms with Crippen LogP contribution in [0.25, 0.3) is 0 Å². The van der Waals surface area contributed by atoms with Gasteiger partial charge in [0.15, 0.2) is 0 Å². The molecule has 0 radical (unpaired) electrons. The maximum Gasteiger partial charge on any atom is 0.272 e. The highest BCUT2D eigenvalue weighted by Gasteiger charge is 2.20. The number of nitrogens with one attached hydrogen (secondary N) is 1. The molecule has 2 aromatic carbocycles. The summed E-state index contributed by atoms with van der Waals surface area (Å²) in [4.78, 5) is 29.6. The zero-order chi connectivity index (χ0) is 20.8. The van der Waals surface area contributed by atoms with E-state index >= 15 is 0 Å². The fraction of sp³-hybridized carbons (Fsp3) is 0.0833. The quantitative estimate of drug-likeness (QED) is 0.543. The molecule has 0 aliphatic carbocycles. The third-order valence-electron chi connectivity index (χ3n) is 4.67. The van der Waals surface area contributed by atoms with Gasteiger partial charge < -0.3 is 5.32 Å². The maximum absolute atomic E-state index is 13.0. The van der Waals surface area contributed by atoms with E-state index in [9.17, 15) is 9.59 Å². The smallest absolute Gasteiger partial charge is 0.272 e. The van der Waals surface area contributed by atoms with Gasteiger partial charge in [0.2, 0.25) is 0 Å². The molecule has 6 heteroatoms. The van der Waals surface area contributed by atoms with E-state index in [0.717, 1.165) is 16.8 Å². The van der Waals surface area contributed by atoms with Crippen molar-refractivity contribution in [2.45, 2.75) is 12.6 Å². The number of carbonyl (C=O) groups is 1. The Morgan fingerprint density at radius 1 is 0.867 bits per heavy atom. The number of hydrogen-bond acceptors (Lipinski definition) is 4. The van der Waals surface area contributed by atoms with E-state index in [1.54, 1.807) is 6.20 Å². The molecular formula is C24H20N4O2. The zero-order valence-electron chi connectivity index (χ0n) is 16.2. The molecule has 1 unspecified atom stereocenters. The van der Waals surface area contributed by atoms with Gasteiger partial charge in [-0.1, -0.05) is 66.7 Å². The van der Waals surface area contributed by atoms with Crippen molar-refractivity contribution in [3.63, 3.8) is 0 Å². The Balaban J connectivity index is 1.61. The van der Waals surface area contributed by atoms with Gasteiger partial charge in [-0.25, -0.2) is 4.68 Å². The highest BCUT2D eigenvalue weighted by atomic mass is 16.2. The van der Waals surface area contributed by atoms with Gasteiger partial charge in [0.05, 0.1) is 18.3 Å². The number of pyridine rings is 1. The first-order valence-electron chi connectivity index (χ1n) is 9.59. The van der Waals surface area contributed by atoms with Crippen molar-refractivity contribution < 1.29 is 4.79 Å². The standard InChI is InChI=1S/C24H20N4O2/c29-22-15-14-21(27-28(22)17-18-9-3-1-4-10-18)24(30)26-23(19-11-5-2-6-12-19)20-13-7-8-16-25-20/h1-16,23H,17H2,(H,26,30). The molecule has 0 bridgehead atoms. The van der Waals surface area contributed by atoms with Crippen LogP contribution in [0.5, 0.6) is 0 Å². The third-order valence-corrected chi connectivity index (χ3v) is 4.67. The van der Waals surface area contributed by atoms with E-state index < -0.39 is 6.04 Å². The number of hydrogen-bond donors (Lipinski definition) is 1. The summed E-state index contributed by atoms with van der Waals surface area (Å²) in [6.45, 7) is 0.295. The zero-order valence-corrected chi connectivity index (χ0v) is 16.2. The largest absolute Gasteiger partial charge is 0.338 e. The predicted molar refractivity (Wildman–Crippen MR) is 114 cm³/mol. The number of carbonyl (C=O) groups excluding carboxylic acids is 1. The molecule has 0 fully saturated rings. The summed E-state index contributed by atoms with van der Waals surface area (Å²) in [5.74, 6) is -0.378. The highest BCUT2D eigenvalue weighted by molar-refractivity contribution is 5.92. The Hall–Kier alpha value is -4.06. The summed E-state index contributed by atoms with van der Waals surface area (Å²) in [7, 11) is 0. The Labute approximate surface area is 173 Å². The lowest BCUT2D eigenvalue weighted by molar-refractivity contribution is 0.0934. The Kier molecular flexibility index (Phi) is 5.75. The molecule has 0 saturated carbocycles. The molecule has 6 nitrogen and oxygen atoms in total. The lowest BCUT2D eigenvalue weighted by Crippen LogP contribution is -2.33. The Morgan fingerprint density at radius 2 is 1.57 bits per heavy atom. The van der Waals surface area contributed by atoms with Crippen molar-refractivity contribution in [3.05, 3.63) is 130 Å². The summed E-state index contributed by atoms with van der Waals surface area (Å²) in [6.07, 6.45) is 1.69. The Morgan fingerprint density at radius 3 is 2.27 bits per heavy atom. The number of rotatable bonds is 6. The molecule has 2 heterocycles. The number of nitrogens with zero attached hydrogens (tertiary/aromatic N) is 3. The van der Waals surface area contributed by atoms with E-state index in [4.69, 9.17) is 0 Å². The van der Waals surface area contributed by atoms with Gasteiger partial charge >= 0.3 is 0 Å². The van der Waals surface area contributed by atoms with Gasteiger partial charge in [0, 0.05) is 12.3 Å². The average Bonchev–Trinajstić information content (AvgIpc) is 2.80. The average molecular weight is 396 g/mol. The summed E-state index contributed by atoms with van der Waals surface area (Å²) in [5.41, 5.74) is 2.46. The fourth-order valence-corrected chi connectivity index (χ4v) is 3.16. The molecule has 30 heavy (non-hydrogen) atoms. The summed E-state index contributed by atoms with van der Waals surface area (Å²) in [5, 5.41) is 7.28. The van der Waals surface area contributed by atoms with Crippen LogP contribution in [0.3, 0.4) is 0 Å². The van der Waals surface area contributed by atoms with Gasteiger partial charge in [-0.15, -0.1) is 0 Å². The molecule has 4 aromatic rings. The monoisotopic (exact) mass is 396 g/mol. The molecule has 0 aliphatic heterocycles. The molecular weight excluding hydrogens is 376 g/mol. The number of aromatic nitrogens is 3. The first-order chi connectivity index (χ1) is 14.7. The third kappa shape index (κ3) is 4.50. The molecule has 0 saturated heterocycles. The second kappa shape index (κ2) is 8.96. The van der Waals surface area contributed by atoms with Gasteiger partial charge in [-0.3, -0.25) is 14.6 Å². The minimum atomic E-state index is -0.434. The van der Waals surface area contributed by atoms with Crippen LogP contribution < -0.4 is 10.9 Å². The van der Waals surface area contributed by atoms with E-state index in [2.05, 4.69) is 15.4 Å². The molecule has 4 rings (SSSR count). The minimum absolute atomic E-state index is 0.169. The summed E-state index contributed by atoms with van der Waals surface area (Å²) in [6, 6.07) is 27.1. The Bertz CT molecular complexity index is 1140. The minimum Gasteiger partial charge on any atom is -0.338 e. The SMILES string of the molecule is O=C(NC(c1ccccc1)c1ccccn1)c1ccc(=O)n(Cc2ccccc2)n1. The van der Waals surface area contributed by atoms with Crippen LogP contribution in [0.1, 0.15) is 33.4 Å². The van der Waals surface area contributed by atoms with Crippen LogP contribution in [0.2, 0.25) is 0 Å². The van der Waals surface area contributed by atoms with Crippen molar-refractivity contribution in [1.82, 2.24) is 20.1 Å². The van der Waals surface area contributed by atoms with Crippen LogP contribution in [0.15, 0.2) is 102 Å². The molecule has 148 valence electrons. The van der Waals surface area contributed by atoms with E-state index in [-0.39, 0.29) is 17.2 Å². The van der Waals surface area contributed by atoms with Gasteiger partial charge in [0.1, 0.15) is 5.69 Å². The molecule has 2 aromatic heterocycles. The molecule has 0 aliphatic rings. The van der Waals surface area contributed by atoms with Crippen LogP contribution in [-0.4, -0.2) is 20.7 Å². The number of amides is 1. The van der Waals surface area contributed by atoms with Gasteiger partial charge in [-0.05, 0) is 29.3 Å². The lowest BCUT2D eigenvalue weighted by Gasteiger charge is -2.19. The fourth-order valence-electron chi connectivity index (χ4n) is 3.16. The van der Waals surface area contributed by atoms with Crippen molar-refractivity contribution in [2.75, 3.05) is 0 Å². The van der Waals surface area contributed by atoms with Crippen LogP contribution in [-0.2, 0) is 6.54 Å². The van der Waals surface area contributed by atoms with Gasteiger partial charge in [-0.2, -0.15) is 5.10 Å². The lowest BCUT2D eigenvalue weighted by atomic mass is 10.0. The summed E-state index contributed by atoms with van der Waals surface area (Å²) < 4.78 is 1.29. The van der Waals surface area contributed by atoms with E-state index in [0.29, 0.717) is 6.54 Å². The molecule has 0 spiro atoms. The van der Waals surface area contributed by atoms with Crippen molar-refractivity contribution in [2.24, 2.45) is 0 Å². The second-order valence-electron chi connectivity index (χ2n) is 6.77. The topological polar surface area (TPSA) is 76.9 Å². The summed E-state index contributed by atoms with van der Waals surface area (Å²) >= 11 is 0. The number of benzene rings is 2. The maximum atomic E-state index is 13.0. The van der Waals surface area contributed by atoms with Gasteiger partial charge in [0.25, 0.3) is 11.5 Å². The highest BCUT2D eigenvalue weighted by Crippen LogP contribution is 2.20. The van der Waals surface area contributed by atoms with Crippen molar-refractivity contribution in [1.29, 1.82) is 0 Å². The molecule has 1 amide bonds. The van der Waals surface area contributed by atoms with Crippen molar-refractivity contribution >= 4 is 5.91 Å². The van der Waals surface area contributed by atoms with Crippen LogP contribution in [0.4, 0.5) is 0 Å². The molecule has 1 N–H and O–H groups in total. The molecule has 1 atom stereocenters. The predicted octanol–water partition coefficient (Wildman–Crippen LogP) is 3.21. The first kappa shape index (κ1) is 19.3. The van der Waals surface area contributed by atoms with Crippen molar-refractivity contribution in [3.8, 4) is 0 Å². The van der Waals surface area contributed by atoms with E-state index in [1.165, 1.54) is 16.8 Å². The second-order valence-corrected chi connectivity index (χ2v) is 6.77. The van der Waals surface area contributed by atoms with E-state index in [1.807, 2.05) is 78.9 Å². The van der Waals surface area contributed by atoms with Crippen LogP contribution in [0, 0.1) is 0 Å². The normalized spacial score (nSPS) is 11.6.